The van der Waals surface area contributed by atoms with Gasteiger partial charge in [-0.05, 0) is 24.6 Å². The lowest BCUT2D eigenvalue weighted by molar-refractivity contribution is -0.120. The van der Waals surface area contributed by atoms with Crippen LogP contribution in [-0.2, 0) is 4.79 Å². The molecule has 1 rings (SSSR count). The molecule has 0 radical (unpaired) electrons. The van der Waals surface area contributed by atoms with E-state index in [-0.39, 0.29) is 18.5 Å². The average molecular weight is 213 g/mol. The van der Waals surface area contributed by atoms with Gasteiger partial charge in [0.2, 0.25) is 5.91 Å². The van der Waals surface area contributed by atoms with E-state index in [1.165, 1.54) is 0 Å². The molecule has 0 saturated carbocycles. The summed E-state index contributed by atoms with van der Waals surface area (Å²) in [5, 5.41) is 3.44. The Balaban J connectivity index is 2.65. The number of halogens is 1. The van der Waals surface area contributed by atoms with Gasteiger partial charge in [-0.3, -0.25) is 4.79 Å². The molecule has 14 heavy (non-hydrogen) atoms. The van der Waals surface area contributed by atoms with E-state index >= 15 is 0 Å². The van der Waals surface area contributed by atoms with Gasteiger partial charge in [-0.15, -0.1) is 0 Å². The SMILES string of the molecule is C[C@@H](NC(=O)CN)c1ccc(Cl)cc1. The van der Waals surface area contributed by atoms with Crippen LogP contribution in [0.5, 0.6) is 0 Å². The van der Waals surface area contributed by atoms with Gasteiger partial charge in [-0.2, -0.15) is 0 Å². The van der Waals surface area contributed by atoms with Gasteiger partial charge in [-0.25, -0.2) is 0 Å². The molecule has 1 aromatic rings. The predicted molar refractivity (Wildman–Crippen MR) is 57.1 cm³/mol. The molecule has 1 atom stereocenters. The van der Waals surface area contributed by atoms with E-state index < -0.39 is 0 Å². The third kappa shape index (κ3) is 3.01. The fraction of sp³-hybridized carbons (Fsp3) is 0.300. The van der Waals surface area contributed by atoms with Crippen molar-refractivity contribution in [1.82, 2.24) is 5.32 Å². The maximum Gasteiger partial charge on any atom is 0.234 e. The minimum atomic E-state index is -0.160. The Hall–Kier alpha value is -1.06. The van der Waals surface area contributed by atoms with E-state index in [4.69, 9.17) is 17.3 Å². The number of carbonyl (C=O) groups excluding carboxylic acids is 1. The maximum atomic E-state index is 11.0. The third-order valence-electron chi connectivity index (χ3n) is 1.93. The average Bonchev–Trinajstić information content (AvgIpc) is 2.18. The topological polar surface area (TPSA) is 55.1 Å². The van der Waals surface area contributed by atoms with E-state index in [0.717, 1.165) is 5.56 Å². The Kier molecular flexibility index (Phi) is 3.92. The van der Waals surface area contributed by atoms with Crippen LogP contribution in [0.1, 0.15) is 18.5 Å². The summed E-state index contributed by atoms with van der Waals surface area (Å²) in [6, 6.07) is 7.31. The van der Waals surface area contributed by atoms with Crippen molar-refractivity contribution >= 4 is 17.5 Å². The van der Waals surface area contributed by atoms with Gasteiger partial charge in [0.25, 0.3) is 0 Å². The van der Waals surface area contributed by atoms with Crippen LogP contribution in [0, 0.1) is 0 Å². The number of rotatable bonds is 3. The van der Waals surface area contributed by atoms with E-state index in [9.17, 15) is 4.79 Å². The van der Waals surface area contributed by atoms with Crippen molar-refractivity contribution in [3.8, 4) is 0 Å². The zero-order chi connectivity index (χ0) is 10.6. The Labute approximate surface area is 88.2 Å². The van der Waals surface area contributed by atoms with E-state index in [1.54, 1.807) is 12.1 Å². The van der Waals surface area contributed by atoms with Crippen molar-refractivity contribution in [3.63, 3.8) is 0 Å². The second-order valence-electron chi connectivity index (χ2n) is 3.04. The van der Waals surface area contributed by atoms with Crippen LogP contribution in [-0.4, -0.2) is 12.5 Å². The summed E-state index contributed by atoms with van der Waals surface area (Å²) in [5.41, 5.74) is 6.20. The molecule has 0 aromatic heterocycles. The van der Waals surface area contributed by atoms with Gasteiger partial charge in [-0.1, -0.05) is 23.7 Å². The molecule has 0 aliphatic rings. The highest BCUT2D eigenvalue weighted by Crippen LogP contribution is 2.15. The summed E-state index contributed by atoms with van der Waals surface area (Å²) in [6.07, 6.45) is 0. The number of benzene rings is 1. The molecule has 0 fully saturated rings. The largest absolute Gasteiger partial charge is 0.348 e. The Morgan fingerprint density at radius 1 is 1.50 bits per heavy atom. The van der Waals surface area contributed by atoms with E-state index in [0.29, 0.717) is 5.02 Å². The van der Waals surface area contributed by atoms with Crippen molar-refractivity contribution in [2.45, 2.75) is 13.0 Å². The first-order valence-corrected chi connectivity index (χ1v) is 4.76. The third-order valence-corrected chi connectivity index (χ3v) is 2.18. The second kappa shape index (κ2) is 4.98. The maximum absolute atomic E-state index is 11.0. The predicted octanol–water partition coefficient (Wildman–Crippen LogP) is 1.48. The smallest absolute Gasteiger partial charge is 0.234 e. The fourth-order valence-electron chi connectivity index (χ4n) is 1.14. The van der Waals surface area contributed by atoms with E-state index in [1.807, 2.05) is 19.1 Å². The summed E-state index contributed by atoms with van der Waals surface area (Å²) in [6.45, 7) is 1.91. The van der Waals surface area contributed by atoms with Crippen LogP contribution >= 0.6 is 11.6 Å². The number of hydrogen-bond acceptors (Lipinski definition) is 2. The number of nitrogens with one attached hydrogen (secondary N) is 1. The number of hydrogen-bond donors (Lipinski definition) is 2. The molecule has 0 aliphatic heterocycles. The van der Waals surface area contributed by atoms with Gasteiger partial charge in [0, 0.05) is 5.02 Å². The summed E-state index contributed by atoms with van der Waals surface area (Å²) in [7, 11) is 0. The van der Waals surface area contributed by atoms with Crippen molar-refractivity contribution in [3.05, 3.63) is 34.9 Å². The molecule has 1 amide bonds. The zero-order valence-electron chi connectivity index (χ0n) is 7.96. The molecule has 3 N–H and O–H groups in total. The van der Waals surface area contributed by atoms with Crippen LogP contribution in [0.3, 0.4) is 0 Å². The fourth-order valence-corrected chi connectivity index (χ4v) is 1.26. The Bertz CT molecular complexity index is 310. The molecule has 1 aromatic carbocycles. The van der Waals surface area contributed by atoms with Crippen LogP contribution < -0.4 is 11.1 Å². The number of carbonyl (C=O) groups is 1. The van der Waals surface area contributed by atoms with E-state index in [2.05, 4.69) is 5.32 Å². The molecule has 0 heterocycles. The molecule has 0 aliphatic carbocycles. The van der Waals surface area contributed by atoms with Crippen molar-refractivity contribution < 1.29 is 4.79 Å². The minimum absolute atomic E-state index is 0.0118. The van der Waals surface area contributed by atoms with Gasteiger partial charge in [0.15, 0.2) is 0 Å². The van der Waals surface area contributed by atoms with Gasteiger partial charge < -0.3 is 11.1 Å². The van der Waals surface area contributed by atoms with Crippen molar-refractivity contribution in [1.29, 1.82) is 0 Å². The van der Waals surface area contributed by atoms with Gasteiger partial charge >= 0.3 is 0 Å². The summed E-state index contributed by atoms with van der Waals surface area (Å²) in [5.74, 6) is -0.160. The van der Waals surface area contributed by atoms with Crippen molar-refractivity contribution in [2.24, 2.45) is 5.73 Å². The Morgan fingerprint density at radius 2 is 2.07 bits per heavy atom. The lowest BCUT2D eigenvalue weighted by Crippen LogP contribution is -2.32. The zero-order valence-corrected chi connectivity index (χ0v) is 8.71. The van der Waals surface area contributed by atoms with Crippen LogP contribution in [0.25, 0.3) is 0 Å². The van der Waals surface area contributed by atoms with Gasteiger partial charge in [0.1, 0.15) is 0 Å². The normalized spacial score (nSPS) is 12.2. The standard InChI is InChI=1S/C10H13ClN2O/c1-7(13-10(14)6-12)8-2-4-9(11)5-3-8/h2-5,7H,6,12H2,1H3,(H,13,14)/t7-/m1/s1. The first-order valence-electron chi connectivity index (χ1n) is 4.38. The van der Waals surface area contributed by atoms with Crippen LogP contribution in [0.4, 0.5) is 0 Å². The highest BCUT2D eigenvalue weighted by atomic mass is 35.5. The highest BCUT2D eigenvalue weighted by Gasteiger charge is 2.07. The van der Waals surface area contributed by atoms with Crippen molar-refractivity contribution in [2.75, 3.05) is 6.54 Å². The molecule has 0 saturated heterocycles. The van der Waals surface area contributed by atoms with Gasteiger partial charge in [0.05, 0.1) is 12.6 Å². The number of amides is 1. The molecule has 0 unspecified atom stereocenters. The summed E-state index contributed by atoms with van der Waals surface area (Å²) in [4.78, 5) is 11.0. The molecule has 0 spiro atoms. The van der Waals surface area contributed by atoms with Crippen LogP contribution in [0.15, 0.2) is 24.3 Å². The Morgan fingerprint density at radius 3 is 2.57 bits per heavy atom. The quantitative estimate of drug-likeness (QED) is 0.798. The summed E-state index contributed by atoms with van der Waals surface area (Å²) < 4.78 is 0. The number of nitrogens with two attached hydrogens (primary N) is 1. The highest BCUT2D eigenvalue weighted by molar-refractivity contribution is 6.30. The first kappa shape index (κ1) is 11.0. The molecule has 76 valence electrons. The molecule has 4 heteroatoms. The monoisotopic (exact) mass is 212 g/mol. The first-order chi connectivity index (χ1) is 6.63. The molecular weight excluding hydrogens is 200 g/mol. The summed E-state index contributed by atoms with van der Waals surface area (Å²) >= 11 is 5.74. The van der Waals surface area contributed by atoms with Crippen LogP contribution in [0.2, 0.25) is 5.02 Å². The molecule has 0 bridgehead atoms. The minimum Gasteiger partial charge on any atom is -0.348 e. The molecule has 3 nitrogen and oxygen atoms in total. The molecular formula is C10H13ClN2O. The lowest BCUT2D eigenvalue weighted by Gasteiger charge is -2.13. The second-order valence-corrected chi connectivity index (χ2v) is 3.48. The lowest BCUT2D eigenvalue weighted by atomic mass is 10.1.